The van der Waals surface area contributed by atoms with Crippen LogP contribution in [-0.2, 0) is 0 Å². The second kappa shape index (κ2) is 3.50. The van der Waals surface area contributed by atoms with Gasteiger partial charge in [-0.25, -0.2) is 0 Å². The van der Waals surface area contributed by atoms with Crippen LogP contribution in [0.1, 0.15) is 6.92 Å². The van der Waals surface area contributed by atoms with Crippen LogP contribution in [0.25, 0.3) is 0 Å². The molecule has 1 nitrogen and oxygen atoms in total. The molecule has 0 amide bonds. The Morgan fingerprint density at radius 2 is 2.33 bits per heavy atom. The van der Waals surface area contributed by atoms with Crippen molar-refractivity contribution in [3.8, 4) is 0 Å². The monoisotopic (exact) mass is 106 g/mol. The van der Waals surface area contributed by atoms with Gasteiger partial charge in [-0.2, -0.15) is 11.8 Å². The molecule has 0 saturated heterocycles. The molecule has 38 valence electrons. The molecular weight excluding hydrogens is 96.1 g/mol. The van der Waals surface area contributed by atoms with Crippen LogP contribution in [0.15, 0.2) is 0 Å². The zero-order valence-corrected chi connectivity index (χ0v) is 4.96. The molecule has 0 unspecified atom stereocenters. The first-order valence-corrected chi connectivity index (χ1v) is 3.33. The molecule has 2 heteroatoms. The van der Waals surface area contributed by atoms with E-state index in [1.54, 1.807) is 18.7 Å². The molecule has 1 N–H and O–H groups in total. The number of hydrogen-bond donors (Lipinski definition) is 1. The first-order chi connectivity index (χ1) is 2.77. The SMILES string of the molecule is CSC[C@H](C)O. The molecule has 0 aromatic rings. The van der Waals surface area contributed by atoms with E-state index in [1.807, 2.05) is 6.26 Å². The van der Waals surface area contributed by atoms with Gasteiger partial charge >= 0.3 is 0 Å². The summed E-state index contributed by atoms with van der Waals surface area (Å²) in [5.74, 6) is 0.847. The Bertz CT molecular complexity index is 28.7. The Balaban J connectivity index is 2.63. The van der Waals surface area contributed by atoms with Gasteiger partial charge in [-0.05, 0) is 13.2 Å². The van der Waals surface area contributed by atoms with Crippen LogP contribution in [0, 0.1) is 0 Å². The summed E-state index contributed by atoms with van der Waals surface area (Å²) in [5.41, 5.74) is 0. The molecule has 0 aromatic heterocycles. The van der Waals surface area contributed by atoms with E-state index >= 15 is 0 Å². The third kappa shape index (κ3) is 4.31. The van der Waals surface area contributed by atoms with E-state index in [4.69, 9.17) is 5.11 Å². The third-order valence-electron chi connectivity index (χ3n) is 0.408. The summed E-state index contributed by atoms with van der Waals surface area (Å²) in [6.07, 6.45) is 1.84. The van der Waals surface area contributed by atoms with Crippen LogP contribution < -0.4 is 0 Å². The van der Waals surface area contributed by atoms with Gasteiger partial charge in [-0.1, -0.05) is 0 Å². The van der Waals surface area contributed by atoms with Crippen LogP contribution in [0.2, 0.25) is 0 Å². The van der Waals surface area contributed by atoms with E-state index in [1.165, 1.54) is 0 Å². The summed E-state index contributed by atoms with van der Waals surface area (Å²) >= 11 is 1.66. The number of thioether (sulfide) groups is 1. The van der Waals surface area contributed by atoms with Crippen molar-refractivity contribution >= 4 is 11.8 Å². The first-order valence-electron chi connectivity index (χ1n) is 1.94. The zero-order chi connectivity index (χ0) is 4.99. The maximum atomic E-state index is 8.53. The van der Waals surface area contributed by atoms with E-state index in [2.05, 4.69) is 0 Å². The maximum absolute atomic E-state index is 8.53. The quantitative estimate of drug-likeness (QED) is 0.560. The second-order valence-electron chi connectivity index (χ2n) is 1.30. The highest BCUT2D eigenvalue weighted by molar-refractivity contribution is 7.98. The molecule has 0 saturated carbocycles. The lowest BCUT2D eigenvalue weighted by Crippen LogP contribution is -2.01. The zero-order valence-electron chi connectivity index (χ0n) is 4.14. The topological polar surface area (TPSA) is 20.2 Å². The smallest absolute Gasteiger partial charge is 0.0602 e. The average Bonchev–Trinajstić information content (AvgIpc) is 1.35. The van der Waals surface area contributed by atoms with Gasteiger partial charge in [-0.15, -0.1) is 0 Å². The molecule has 0 aromatic carbocycles. The van der Waals surface area contributed by atoms with Crippen LogP contribution in [0.4, 0.5) is 0 Å². The van der Waals surface area contributed by atoms with Crippen LogP contribution in [0.3, 0.4) is 0 Å². The van der Waals surface area contributed by atoms with Crippen molar-refractivity contribution in [1.29, 1.82) is 0 Å². The Morgan fingerprint density at radius 1 is 1.83 bits per heavy atom. The standard InChI is InChI=1S/C4H10OS/c1-4(5)3-6-2/h4-5H,3H2,1-2H3/t4-/m0/s1. The van der Waals surface area contributed by atoms with E-state index in [9.17, 15) is 0 Å². The lowest BCUT2D eigenvalue weighted by molar-refractivity contribution is 0.220. The fourth-order valence-corrected chi connectivity index (χ4v) is 0.724. The van der Waals surface area contributed by atoms with Crippen molar-refractivity contribution in [3.05, 3.63) is 0 Å². The molecule has 0 heterocycles. The minimum Gasteiger partial charge on any atom is -0.393 e. The van der Waals surface area contributed by atoms with Crippen LogP contribution in [0.5, 0.6) is 0 Å². The Hall–Kier alpha value is 0.310. The van der Waals surface area contributed by atoms with Crippen molar-refractivity contribution in [2.24, 2.45) is 0 Å². The highest BCUT2D eigenvalue weighted by atomic mass is 32.2. The van der Waals surface area contributed by atoms with Gasteiger partial charge in [0.1, 0.15) is 0 Å². The van der Waals surface area contributed by atoms with Crippen molar-refractivity contribution in [2.45, 2.75) is 13.0 Å². The van der Waals surface area contributed by atoms with E-state index < -0.39 is 0 Å². The Labute approximate surface area is 42.8 Å². The van der Waals surface area contributed by atoms with Crippen molar-refractivity contribution in [3.63, 3.8) is 0 Å². The lowest BCUT2D eigenvalue weighted by Gasteiger charge is -1.95. The summed E-state index contributed by atoms with van der Waals surface area (Å²) in [5, 5.41) is 8.53. The number of aliphatic hydroxyl groups excluding tert-OH is 1. The van der Waals surface area contributed by atoms with Crippen molar-refractivity contribution in [2.75, 3.05) is 12.0 Å². The first kappa shape index (κ1) is 6.31. The fraction of sp³-hybridized carbons (Fsp3) is 1.00. The summed E-state index contributed by atoms with van der Waals surface area (Å²) < 4.78 is 0. The van der Waals surface area contributed by atoms with Crippen LogP contribution in [-0.4, -0.2) is 23.2 Å². The van der Waals surface area contributed by atoms with Crippen molar-refractivity contribution in [1.82, 2.24) is 0 Å². The minimum absolute atomic E-state index is 0.139. The van der Waals surface area contributed by atoms with Gasteiger partial charge in [0.05, 0.1) is 6.10 Å². The molecule has 0 aliphatic carbocycles. The van der Waals surface area contributed by atoms with E-state index in [0.29, 0.717) is 0 Å². The second-order valence-corrected chi connectivity index (χ2v) is 2.22. The normalized spacial score (nSPS) is 14.5. The van der Waals surface area contributed by atoms with Gasteiger partial charge < -0.3 is 5.11 Å². The predicted molar refractivity (Wildman–Crippen MR) is 30.1 cm³/mol. The minimum atomic E-state index is -0.139. The summed E-state index contributed by atoms with van der Waals surface area (Å²) in [6, 6.07) is 0. The molecule has 0 fully saturated rings. The summed E-state index contributed by atoms with van der Waals surface area (Å²) in [4.78, 5) is 0. The molecule has 0 aliphatic rings. The van der Waals surface area contributed by atoms with Gasteiger partial charge in [0.15, 0.2) is 0 Å². The molecule has 0 bridgehead atoms. The number of rotatable bonds is 2. The highest BCUT2D eigenvalue weighted by Gasteiger charge is 1.87. The molecular formula is C4H10OS. The molecule has 0 rings (SSSR count). The molecule has 6 heavy (non-hydrogen) atoms. The Morgan fingerprint density at radius 3 is 2.33 bits per heavy atom. The van der Waals surface area contributed by atoms with E-state index in [-0.39, 0.29) is 6.10 Å². The molecule has 0 radical (unpaired) electrons. The predicted octanol–water partition coefficient (Wildman–Crippen LogP) is 0.730. The molecule has 1 atom stereocenters. The molecule has 0 aliphatic heterocycles. The highest BCUT2D eigenvalue weighted by Crippen LogP contribution is 1.93. The fourth-order valence-electron chi connectivity index (χ4n) is 0.241. The van der Waals surface area contributed by atoms with Crippen LogP contribution >= 0.6 is 11.8 Å². The number of hydrogen-bond acceptors (Lipinski definition) is 2. The van der Waals surface area contributed by atoms with Crippen molar-refractivity contribution < 1.29 is 5.11 Å². The summed E-state index contributed by atoms with van der Waals surface area (Å²) in [6.45, 7) is 1.79. The number of aliphatic hydroxyl groups is 1. The third-order valence-corrected chi connectivity index (χ3v) is 1.22. The van der Waals surface area contributed by atoms with Gasteiger partial charge in [-0.3, -0.25) is 0 Å². The lowest BCUT2D eigenvalue weighted by atomic mass is 10.5. The maximum Gasteiger partial charge on any atom is 0.0602 e. The van der Waals surface area contributed by atoms with E-state index in [0.717, 1.165) is 5.75 Å². The average molecular weight is 106 g/mol. The summed E-state index contributed by atoms with van der Waals surface area (Å²) in [7, 11) is 0. The molecule has 0 spiro atoms. The largest absolute Gasteiger partial charge is 0.393 e. The van der Waals surface area contributed by atoms with Gasteiger partial charge in [0.25, 0.3) is 0 Å². The Kier molecular flexibility index (Phi) is 3.68. The van der Waals surface area contributed by atoms with Gasteiger partial charge in [0, 0.05) is 5.75 Å². The van der Waals surface area contributed by atoms with Gasteiger partial charge in [0.2, 0.25) is 0 Å².